The van der Waals surface area contributed by atoms with Crippen molar-refractivity contribution in [2.45, 2.75) is 26.7 Å². The van der Waals surface area contributed by atoms with Gasteiger partial charge in [-0.25, -0.2) is 0 Å². The van der Waals surface area contributed by atoms with Crippen LogP contribution in [0, 0.1) is 12.8 Å². The number of amides is 1. The Kier molecular flexibility index (Phi) is 6.12. The van der Waals surface area contributed by atoms with E-state index in [1.807, 2.05) is 19.9 Å². The van der Waals surface area contributed by atoms with Crippen LogP contribution in [0.25, 0.3) is 0 Å². The normalized spacial score (nSPS) is 12.1. The van der Waals surface area contributed by atoms with Gasteiger partial charge in [-0.2, -0.15) is 0 Å². The smallest absolute Gasteiger partial charge is 0.227 e. The van der Waals surface area contributed by atoms with Crippen LogP contribution in [0.3, 0.4) is 0 Å². The van der Waals surface area contributed by atoms with Crippen LogP contribution in [0.4, 0.5) is 5.69 Å². The molecule has 0 bridgehead atoms. The second-order valence-electron chi connectivity index (χ2n) is 4.62. The lowest BCUT2D eigenvalue weighted by Gasteiger charge is -2.15. The largest absolute Gasteiger partial charge is 0.495 e. The average molecular weight is 285 g/mol. The number of halogens is 1. The van der Waals surface area contributed by atoms with Crippen molar-refractivity contribution in [3.05, 3.63) is 22.7 Å². The maximum absolute atomic E-state index is 12.0. The lowest BCUT2D eigenvalue weighted by molar-refractivity contribution is -0.119. The molecular formula is C14H21ClN2O2. The van der Waals surface area contributed by atoms with Crippen LogP contribution in [-0.4, -0.2) is 19.6 Å². The Morgan fingerprint density at radius 3 is 2.79 bits per heavy atom. The number of hydrogen-bond donors (Lipinski definition) is 2. The Labute approximate surface area is 119 Å². The summed E-state index contributed by atoms with van der Waals surface area (Å²) in [7, 11) is 1.55. The number of benzene rings is 1. The maximum Gasteiger partial charge on any atom is 0.227 e. The summed E-state index contributed by atoms with van der Waals surface area (Å²) in [4.78, 5) is 12.0. The zero-order valence-corrected chi connectivity index (χ0v) is 12.4. The van der Waals surface area contributed by atoms with Crippen LogP contribution in [0.2, 0.25) is 5.02 Å². The number of nitrogens with one attached hydrogen (secondary N) is 1. The van der Waals surface area contributed by atoms with Crippen LogP contribution in [0.15, 0.2) is 12.1 Å². The molecule has 3 N–H and O–H groups in total. The molecule has 0 fully saturated rings. The molecule has 0 radical (unpaired) electrons. The number of nitrogens with two attached hydrogens (primary N) is 1. The minimum atomic E-state index is -0.0794. The van der Waals surface area contributed by atoms with Crippen molar-refractivity contribution in [1.82, 2.24) is 0 Å². The first-order valence-corrected chi connectivity index (χ1v) is 6.72. The predicted octanol–water partition coefficient (Wildman–Crippen LogP) is 2.97. The fraction of sp³-hybridized carbons (Fsp3) is 0.500. The van der Waals surface area contributed by atoms with E-state index in [4.69, 9.17) is 22.1 Å². The first-order chi connectivity index (χ1) is 8.99. The SMILES string of the molecule is COc1cc(Cl)c(C)cc1NC(=O)C(C)CCCN. The Bertz CT molecular complexity index is 449. The third kappa shape index (κ3) is 4.40. The summed E-state index contributed by atoms with van der Waals surface area (Å²) >= 11 is 6.03. The van der Waals surface area contributed by atoms with Gasteiger partial charge >= 0.3 is 0 Å². The van der Waals surface area contributed by atoms with Gasteiger partial charge in [0.15, 0.2) is 0 Å². The molecule has 5 heteroatoms. The number of methoxy groups -OCH3 is 1. The highest BCUT2D eigenvalue weighted by Crippen LogP contribution is 2.31. The number of ether oxygens (including phenoxy) is 1. The molecule has 0 aliphatic heterocycles. The van der Waals surface area contributed by atoms with E-state index >= 15 is 0 Å². The molecule has 0 aliphatic rings. The average Bonchev–Trinajstić information content (AvgIpc) is 2.39. The predicted molar refractivity (Wildman–Crippen MR) is 78.8 cm³/mol. The number of anilines is 1. The number of hydrogen-bond acceptors (Lipinski definition) is 3. The van der Waals surface area contributed by atoms with Crippen LogP contribution in [0.5, 0.6) is 5.75 Å². The van der Waals surface area contributed by atoms with Crippen molar-refractivity contribution >= 4 is 23.2 Å². The standard InChI is InChI=1S/C14H21ClN2O2/c1-9(5-4-6-16)14(18)17-12-7-10(2)11(15)8-13(12)19-3/h7-9H,4-6,16H2,1-3H3,(H,17,18). The van der Waals surface area contributed by atoms with Crippen molar-refractivity contribution in [3.63, 3.8) is 0 Å². The van der Waals surface area contributed by atoms with Gasteiger partial charge in [-0.05, 0) is 37.9 Å². The number of carbonyl (C=O) groups is 1. The van der Waals surface area contributed by atoms with E-state index in [0.717, 1.165) is 18.4 Å². The van der Waals surface area contributed by atoms with E-state index in [-0.39, 0.29) is 11.8 Å². The molecule has 1 unspecified atom stereocenters. The molecule has 106 valence electrons. The van der Waals surface area contributed by atoms with Crippen molar-refractivity contribution in [2.24, 2.45) is 11.7 Å². The van der Waals surface area contributed by atoms with Gasteiger partial charge in [0.1, 0.15) is 5.75 Å². The first kappa shape index (κ1) is 15.8. The van der Waals surface area contributed by atoms with Crippen LogP contribution >= 0.6 is 11.6 Å². The van der Waals surface area contributed by atoms with Gasteiger partial charge in [0.2, 0.25) is 5.91 Å². The third-order valence-electron chi connectivity index (χ3n) is 3.03. The second-order valence-corrected chi connectivity index (χ2v) is 5.03. The minimum Gasteiger partial charge on any atom is -0.495 e. The minimum absolute atomic E-state index is 0.0338. The topological polar surface area (TPSA) is 64.3 Å². The Balaban J connectivity index is 2.81. The fourth-order valence-corrected chi connectivity index (χ4v) is 1.89. The van der Waals surface area contributed by atoms with E-state index < -0.39 is 0 Å². The summed E-state index contributed by atoms with van der Waals surface area (Å²) in [5.74, 6) is 0.452. The Morgan fingerprint density at radius 1 is 1.53 bits per heavy atom. The summed E-state index contributed by atoms with van der Waals surface area (Å²) in [6.07, 6.45) is 1.61. The summed E-state index contributed by atoms with van der Waals surface area (Å²) < 4.78 is 5.22. The van der Waals surface area contributed by atoms with Gasteiger partial charge in [-0.3, -0.25) is 4.79 Å². The van der Waals surface area contributed by atoms with E-state index in [1.165, 1.54) is 0 Å². The summed E-state index contributed by atoms with van der Waals surface area (Å²) in [6.45, 7) is 4.37. The van der Waals surface area contributed by atoms with Crippen molar-refractivity contribution in [2.75, 3.05) is 19.0 Å². The van der Waals surface area contributed by atoms with E-state index in [2.05, 4.69) is 5.32 Å². The van der Waals surface area contributed by atoms with Crippen LogP contribution in [-0.2, 0) is 4.79 Å². The number of carbonyl (C=O) groups excluding carboxylic acids is 1. The molecule has 0 aromatic heterocycles. The van der Waals surface area contributed by atoms with Gasteiger partial charge < -0.3 is 15.8 Å². The van der Waals surface area contributed by atoms with Gasteiger partial charge in [-0.15, -0.1) is 0 Å². The van der Waals surface area contributed by atoms with Gasteiger partial charge in [0.05, 0.1) is 12.8 Å². The number of aryl methyl sites for hydroxylation is 1. The molecule has 1 amide bonds. The first-order valence-electron chi connectivity index (χ1n) is 6.34. The number of rotatable bonds is 6. The van der Waals surface area contributed by atoms with Crippen LogP contribution in [0.1, 0.15) is 25.3 Å². The zero-order valence-electron chi connectivity index (χ0n) is 11.6. The summed E-state index contributed by atoms with van der Waals surface area (Å²) in [6, 6.07) is 3.52. The third-order valence-corrected chi connectivity index (χ3v) is 3.43. The van der Waals surface area contributed by atoms with Gasteiger partial charge in [0.25, 0.3) is 0 Å². The quantitative estimate of drug-likeness (QED) is 0.844. The molecule has 0 saturated carbocycles. The second kappa shape index (κ2) is 7.36. The van der Waals surface area contributed by atoms with Gasteiger partial charge in [0, 0.05) is 17.0 Å². The van der Waals surface area contributed by atoms with Crippen molar-refractivity contribution in [3.8, 4) is 5.75 Å². The highest BCUT2D eigenvalue weighted by atomic mass is 35.5. The van der Waals surface area contributed by atoms with Crippen molar-refractivity contribution < 1.29 is 9.53 Å². The highest BCUT2D eigenvalue weighted by molar-refractivity contribution is 6.31. The summed E-state index contributed by atoms with van der Waals surface area (Å²) in [5, 5.41) is 3.49. The lowest BCUT2D eigenvalue weighted by Crippen LogP contribution is -2.21. The van der Waals surface area contributed by atoms with Gasteiger partial charge in [-0.1, -0.05) is 18.5 Å². The fourth-order valence-electron chi connectivity index (χ4n) is 1.74. The molecule has 0 saturated heterocycles. The van der Waals surface area contributed by atoms with E-state index in [9.17, 15) is 4.79 Å². The molecule has 0 heterocycles. The monoisotopic (exact) mass is 284 g/mol. The molecule has 19 heavy (non-hydrogen) atoms. The van der Waals surface area contributed by atoms with Crippen LogP contribution < -0.4 is 15.8 Å². The van der Waals surface area contributed by atoms with E-state index in [0.29, 0.717) is 23.0 Å². The molecule has 1 aromatic carbocycles. The maximum atomic E-state index is 12.0. The zero-order chi connectivity index (χ0) is 14.4. The van der Waals surface area contributed by atoms with Crippen molar-refractivity contribution in [1.29, 1.82) is 0 Å². The molecule has 0 spiro atoms. The Morgan fingerprint density at radius 2 is 2.21 bits per heavy atom. The molecule has 1 atom stereocenters. The molecule has 1 aromatic rings. The molecule has 4 nitrogen and oxygen atoms in total. The van der Waals surface area contributed by atoms with E-state index in [1.54, 1.807) is 13.2 Å². The molecule has 0 aliphatic carbocycles. The lowest BCUT2D eigenvalue weighted by atomic mass is 10.0. The molecular weight excluding hydrogens is 264 g/mol. The molecule has 1 rings (SSSR count). The summed E-state index contributed by atoms with van der Waals surface area (Å²) in [5.41, 5.74) is 6.99. The Hall–Kier alpha value is -1.26. The highest BCUT2D eigenvalue weighted by Gasteiger charge is 2.15.